The van der Waals surface area contributed by atoms with Gasteiger partial charge >= 0.3 is 0 Å². The summed E-state index contributed by atoms with van der Waals surface area (Å²) in [5.41, 5.74) is 0. The van der Waals surface area contributed by atoms with Crippen LogP contribution >= 0.6 is 11.3 Å². The van der Waals surface area contributed by atoms with Crippen molar-refractivity contribution in [2.45, 2.75) is 36.9 Å². The molecule has 1 aliphatic heterocycles. The molecule has 0 aromatic carbocycles. The van der Waals surface area contributed by atoms with Gasteiger partial charge in [-0.05, 0) is 38.1 Å². The van der Waals surface area contributed by atoms with Gasteiger partial charge in [-0.1, -0.05) is 6.07 Å². The van der Waals surface area contributed by atoms with E-state index >= 15 is 0 Å². The van der Waals surface area contributed by atoms with Crippen molar-refractivity contribution in [3.05, 3.63) is 17.5 Å². The average molecular weight is 374 g/mol. The number of sulfonamides is 1. The summed E-state index contributed by atoms with van der Waals surface area (Å²) in [7, 11) is -3.55. The molecule has 1 aromatic rings. The predicted molar refractivity (Wildman–Crippen MR) is 92.1 cm³/mol. The minimum atomic E-state index is -3.55. The molecule has 0 bridgehead atoms. The molecule has 2 rings (SSSR count). The first-order valence-corrected chi connectivity index (χ1v) is 10.3. The second-order valence-corrected chi connectivity index (χ2v) is 8.87. The molecule has 7 nitrogen and oxygen atoms in total. The molecule has 0 spiro atoms. The Morgan fingerprint density at radius 3 is 2.83 bits per heavy atom. The van der Waals surface area contributed by atoms with E-state index < -0.39 is 22.0 Å². The molecule has 0 unspecified atom stereocenters. The Morgan fingerprint density at radius 1 is 1.46 bits per heavy atom. The van der Waals surface area contributed by atoms with Crippen LogP contribution in [0.5, 0.6) is 0 Å². The number of likely N-dealkylation sites (N-methyl/N-ethyl adjacent to an activating group) is 1. The Hall–Kier alpha value is -1.45. The molecule has 1 saturated heterocycles. The molecule has 1 aliphatic rings. The highest BCUT2D eigenvalue weighted by Crippen LogP contribution is 2.26. The van der Waals surface area contributed by atoms with Gasteiger partial charge in [-0.15, -0.1) is 11.3 Å². The number of carbonyl (C=O) groups excluding carboxylic acids is 2. The number of hydrogen-bond donors (Lipinski definition) is 2. The lowest BCUT2D eigenvalue weighted by Gasteiger charge is -2.31. The molecule has 1 fully saturated rings. The van der Waals surface area contributed by atoms with Crippen LogP contribution in [-0.2, 0) is 19.6 Å². The SMILES string of the molecule is CCNC(=O)[C@@H](C)NC(=O)[C@@H]1CCCN(S(=O)(=O)c2cccs2)C1. The van der Waals surface area contributed by atoms with Gasteiger partial charge in [0.15, 0.2) is 0 Å². The second kappa shape index (κ2) is 8.09. The fourth-order valence-corrected chi connectivity index (χ4v) is 5.30. The molecule has 9 heteroatoms. The Morgan fingerprint density at radius 2 is 2.21 bits per heavy atom. The number of thiophene rings is 1. The summed E-state index contributed by atoms with van der Waals surface area (Å²) in [6, 6.07) is 2.63. The molecular formula is C15H23N3O4S2. The summed E-state index contributed by atoms with van der Waals surface area (Å²) in [5.74, 6) is -0.963. The summed E-state index contributed by atoms with van der Waals surface area (Å²) < 4.78 is 26.8. The highest BCUT2D eigenvalue weighted by molar-refractivity contribution is 7.91. The summed E-state index contributed by atoms with van der Waals surface area (Å²) in [5, 5.41) is 7.03. The van der Waals surface area contributed by atoms with E-state index in [0.717, 1.165) is 0 Å². The van der Waals surface area contributed by atoms with Crippen molar-refractivity contribution in [1.82, 2.24) is 14.9 Å². The topological polar surface area (TPSA) is 95.6 Å². The quantitative estimate of drug-likeness (QED) is 0.771. The monoisotopic (exact) mass is 373 g/mol. The van der Waals surface area contributed by atoms with Gasteiger partial charge in [-0.25, -0.2) is 8.42 Å². The third kappa shape index (κ3) is 4.34. The molecule has 1 aromatic heterocycles. The average Bonchev–Trinajstić information content (AvgIpc) is 3.10. The Balaban J connectivity index is 2.00. The van der Waals surface area contributed by atoms with Crippen LogP contribution in [0.15, 0.2) is 21.7 Å². The molecule has 24 heavy (non-hydrogen) atoms. The van der Waals surface area contributed by atoms with Gasteiger partial charge in [0.1, 0.15) is 10.3 Å². The minimum Gasteiger partial charge on any atom is -0.355 e. The number of nitrogens with zero attached hydrogens (tertiary/aromatic N) is 1. The Bertz CT molecular complexity index is 673. The van der Waals surface area contributed by atoms with Crippen molar-refractivity contribution < 1.29 is 18.0 Å². The lowest BCUT2D eigenvalue weighted by molar-refractivity contribution is -0.131. The maximum atomic E-state index is 12.6. The van der Waals surface area contributed by atoms with Gasteiger partial charge in [0.25, 0.3) is 10.0 Å². The number of piperidine rings is 1. The van der Waals surface area contributed by atoms with E-state index in [-0.39, 0.29) is 18.4 Å². The van der Waals surface area contributed by atoms with Crippen LogP contribution in [0.1, 0.15) is 26.7 Å². The van der Waals surface area contributed by atoms with Crippen molar-refractivity contribution in [2.75, 3.05) is 19.6 Å². The Labute approximate surface area is 146 Å². The first-order chi connectivity index (χ1) is 11.4. The second-order valence-electron chi connectivity index (χ2n) is 5.76. The van der Waals surface area contributed by atoms with Gasteiger partial charge in [0.2, 0.25) is 11.8 Å². The standard InChI is InChI=1S/C15H23N3O4S2/c1-3-16-14(19)11(2)17-15(20)12-6-4-8-18(10-12)24(21,22)13-7-5-9-23-13/h5,7,9,11-12H,3-4,6,8,10H2,1-2H3,(H,16,19)(H,17,20)/t11-,12-/m1/s1. The summed E-state index contributed by atoms with van der Waals surface area (Å²) in [6.45, 7) is 4.48. The number of rotatable bonds is 6. The van der Waals surface area contributed by atoms with Gasteiger partial charge < -0.3 is 10.6 Å². The zero-order chi connectivity index (χ0) is 17.7. The summed E-state index contributed by atoms with van der Waals surface area (Å²) in [6.07, 6.45) is 1.24. The maximum Gasteiger partial charge on any atom is 0.252 e. The van der Waals surface area contributed by atoms with Crippen molar-refractivity contribution in [3.63, 3.8) is 0 Å². The number of hydrogen-bond acceptors (Lipinski definition) is 5. The van der Waals surface area contributed by atoms with Gasteiger partial charge in [-0.3, -0.25) is 9.59 Å². The van der Waals surface area contributed by atoms with Crippen molar-refractivity contribution in [2.24, 2.45) is 5.92 Å². The highest BCUT2D eigenvalue weighted by atomic mass is 32.2. The fraction of sp³-hybridized carbons (Fsp3) is 0.600. The maximum absolute atomic E-state index is 12.6. The number of amides is 2. The van der Waals surface area contributed by atoms with E-state index in [0.29, 0.717) is 30.1 Å². The van der Waals surface area contributed by atoms with E-state index in [4.69, 9.17) is 0 Å². The van der Waals surface area contributed by atoms with Crippen LogP contribution in [0.4, 0.5) is 0 Å². The molecule has 2 N–H and O–H groups in total. The van der Waals surface area contributed by atoms with E-state index in [1.807, 2.05) is 0 Å². The zero-order valence-electron chi connectivity index (χ0n) is 13.8. The van der Waals surface area contributed by atoms with Crippen LogP contribution in [0, 0.1) is 5.92 Å². The van der Waals surface area contributed by atoms with E-state index in [2.05, 4.69) is 10.6 Å². The van der Waals surface area contributed by atoms with E-state index in [1.54, 1.807) is 31.4 Å². The summed E-state index contributed by atoms with van der Waals surface area (Å²) in [4.78, 5) is 24.1. The van der Waals surface area contributed by atoms with Crippen LogP contribution in [-0.4, -0.2) is 50.2 Å². The van der Waals surface area contributed by atoms with E-state index in [1.165, 1.54) is 15.6 Å². The third-order valence-corrected chi connectivity index (χ3v) is 7.19. The van der Waals surface area contributed by atoms with Gasteiger partial charge in [-0.2, -0.15) is 4.31 Å². The van der Waals surface area contributed by atoms with E-state index in [9.17, 15) is 18.0 Å². The predicted octanol–water partition coefficient (Wildman–Crippen LogP) is 0.790. The molecule has 0 radical (unpaired) electrons. The van der Waals surface area contributed by atoms with Crippen molar-refractivity contribution in [3.8, 4) is 0 Å². The van der Waals surface area contributed by atoms with Gasteiger partial charge in [0.05, 0.1) is 5.92 Å². The van der Waals surface area contributed by atoms with Gasteiger partial charge in [0, 0.05) is 19.6 Å². The highest BCUT2D eigenvalue weighted by Gasteiger charge is 2.34. The largest absolute Gasteiger partial charge is 0.355 e. The number of carbonyl (C=O) groups is 2. The van der Waals surface area contributed by atoms with Crippen LogP contribution in [0.25, 0.3) is 0 Å². The molecular weight excluding hydrogens is 350 g/mol. The first-order valence-electron chi connectivity index (χ1n) is 7.98. The lowest BCUT2D eigenvalue weighted by Crippen LogP contribution is -2.50. The van der Waals surface area contributed by atoms with Crippen molar-refractivity contribution >= 4 is 33.2 Å². The molecule has 2 heterocycles. The molecule has 0 saturated carbocycles. The first kappa shape index (κ1) is 18.9. The third-order valence-electron chi connectivity index (χ3n) is 3.95. The lowest BCUT2D eigenvalue weighted by atomic mass is 9.98. The van der Waals surface area contributed by atoms with Crippen LogP contribution in [0.2, 0.25) is 0 Å². The smallest absolute Gasteiger partial charge is 0.252 e. The minimum absolute atomic E-state index is 0.147. The fourth-order valence-electron chi connectivity index (χ4n) is 2.64. The molecule has 0 aliphatic carbocycles. The van der Waals surface area contributed by atoms with Crippen molar-refractivity contribution in [1.29, 1.82) is 0 Å². The zero-order valence-corrected chi connectivity index (χ0v) is 15.5. The summed E-state index contributed by atoms with van der Waals surface area (Å²) >= 11 is 1.17. The normalized spacial score (nSPS) is 20.3. The molecule has 134 valence electrons. The van der Waals surface area contributed by atoms with Crippen LogP contribution < -0.4 is 10.6 Å². The van der Waals surface area contributed by atoms with Crippen LogP contribution in [0.3, 0.4) is 0 Å². The molecule has 2 atom stereocenters. The molecule has 2 amide bonds. The number of nitrogens with one attached hydrogen (secondary N) is 2. The Kier molecular flexibility index (Phi) is 6.36.